The fourth-order valence-electron chi connectivity index (χ4n) is 2.80. The molecule has 0 aliphatic rings. The molecule has 8 heteroatoms. The van der Waals surface area contributed by atoms with E-state index in [1.165, 1.54) is 16.0 Å². The first-order valence-corrected chi connectivity index (χ1v) is 8.80. The number of nitrogens with zero attached hydrogens (tertiary/aromatic N) is 4. The summed E-state index contributed by atoms with van der Waals surface area (Å²) in [5.74, 6) is 0.729. The zero-order valence-corrected chi connectivity index (χ0v) is 15.7. The average Bonchev–Trinajstić information content (AvgIpc) is 3.16. The van der Waals surface area contributed by atoms with Crippen molar-refractivity contribution in [3.8, 4) is 0 Å². The first-order chi connectivity index (χ1) is 12.5. The number of ether oxygens (including phenoxy) is 1. The van der Waals surface area contributed by atoms with Crippen LogP contribution in [0.25, 0.3) is 21.3 Å². The average molecular weight is 372 g/mol. The van der Waals surface area contributed by atoms with E-state index in [0.717, 1.165) is 21.4 Å². The van der Waals surface area contributed by atoms with E-state index in [1.54, 1.807) is 31.0 Å². The lowest BCUT2D eigenvalue weighted by Crippen LogP contribution is -2.24. The molecule has 0 fully saturated rings. The van der Waals surface area contributed by atoms with Gasteiger partial charge >= 0.3 is 0 Å². The Kier molecular flexibility index (Phi) is 5.06. The molecule has 3 heterocycles. The Bertz CT molecular complexity index is 1100. The SMILES string of the molecule is C=C/C=C(\C=C(/C)OC)Cn1ncc2c3sc(CO)nc3n(C)c2c1=O. The Labute approximate surface area is 154 Å². The lowest BCUT2D eigenvalue weighted by atomic mass is 10.2. The first kappa shape index (κ1) is 18.1. The summed E-state index contributed by atoms with van der Waals surface area (Å²) in [5.41, 5.74) is 1.88. The third-order valence-corrected chi connectivity index (χ3v) is 5.14. The van der Waals surface area contributed by atoms with Crippen molar-refractivity contribution in [2.24, 2.45) is 7.05 Å². The molecule has 0 radical (unpaired) electrons. The second-order valence-electron chi connectivity index (χ2n) is 5.78. The van der Waals surface area contributed by atoms with Crippen LogP contribution in [0.15, 0.2) is 47.1 Å². The van der Waals surface area contributed by atoms with Crippen molar-refractivity contribution < 1.29 is 9.84 Å². The van der Waals surface area contributed by atoms with E-state index in [2.05, 4.69) is 16.7 Å². The lowest BCUT2D eigenvalue weighted by Gasteiger charge is -2.07. The van der Waals surface area contributed by atoms with Gasteiger partial charge in [0.15, 0.2) is 5.65 Å². The van der Waals surface area contributed by atoms with Gasteiger partial charge < -0.3 is 14.4 Å². The topological polar surface area (TPSA) is 82.2 Å². The third kappa shape index (κ3) is 3.09. The van der Waals surface area contributed by atoms with E-state index in [4.69, 9.17) is 4.74 Å². The van der Waals surface area contributed by atoms with Crippen LogP contribution in [0.2, 0.25) is 0 Å². The molecule has 26 heavy (non-hydrogen) atoms. The van der Waals surface area contributed by atoms with E-state index in [-0.39, 0.29) is 12.2 Å². The van der Waals surface area contributed by atoms with Crippen molar-refractivity contribution in [1.29, 1.82) is 0 Å². The highest BCUT2D eigenvalue weighted by atomic mass is 32.1. The summed E-state index contributed by atoms with van der Waals surface area (Å²) < 4.78 is 9.21. The second-order valence-corrected chi connectivity index (χ2v) is 6.87. The Morgan fingerprint density at radius 2 is 2.27 bits per heavy atom. The van der Waals surface area contributed by atoms with Crippen LogP contribution in [-0.4, -0.2) is 31.5 Å². The molecule has 0 saturated heterocycles. The highest BCUT2D eigenvalue weighted by Gasteiger charge is 2.18. The van der Waals surface area contributed by atoms with Gasteiger partial charge in [0, 0.05) is 12.4 Å². The summed E-state index contributed by atoms with van der Waals surface area (Å²) >= 11 is 1.37. The van der Waals surface area contributed by atoms with Crippen molar-refractivity contribution >= 4 is 32.6 Å². The molecular weight excluding hydrogens is 352 g/mol. The number of fused-ring (bicyclic) bond motifs is 3. The largest absolute Gasteiger partial charge is 0.501 e. The zero-order valence-electron chi connectivity index (χ0n) is 14.9. The Morgan fingerprint density at radius 3 is 2.92 bits per heavy atom. The summed E-state index contributed by atoms with van der Waals surface area (Å²) in [4.78, 5) is 17.4. The van der Waals surface area contributed by atoms with E-state index < -0.39 is 0 Å². The molecule has 0 atom stereocenters. The molecular formula is C18H20N4O3S. The predicted molar refractivity (Wildman–Crippen MR) is 103 cm³/mol. The summed E-state index contributed by atoms with van der Waals surface area (Å²) in [7, 11) is 3.39. The van der Waals surface area contributed by atoms with E-state index in [0.29, 0.717) is 22.7 Å². The van der Waals surface area contributed by atoms with Gasteiger partial charge in [-0.3, -0.25) is 4.79 Å². The van der Waals surface area contributed by atoms with Gasteiger partial charge in [-0.05, 0) is 18.6 Å². The van der Waals surface area contributed by atoms with E-state index >= 15 is 0 Å². The number of hydrogen-bond acceptors (Lipinski definition) is 6. The molecule has 3 aromatic rings. The highest BCUT2D eigenvalue weighted by Crippen LogP contribution is 2.30. The molecule has 0 aliphatic heterocycles. The molecule has 1 N–H and O–H groups in total. The molecule has 0 unspecified atom stereocenters. The van der Waals surface area contributed by atoms with Crippen LogP contribution in [0.1, 0.15) is 11.9 Å². The van der Waals surface area contributed by atoms with Crippen LogP contribution >= 0.6 is 11.3 Å². The predicted octanol–water partition coefficient (Wildman–Crippen LogP) is 2.50. The van der Waals surface area contributed by atoms with Crippen molar-refractivity contribution in [3.63, 3.8) is 0 Å². The van der Waals surface area contributed by atoms with Crippen LogP contribution in [0.3, 0.4) is 0 Å². The Balaban J connectivity index is 2.12. The number of aliphatic hydroxyl groups excluding tert-OH is 1. The van der Waals surface area contributed by atoms with Gasteiger partial charge in [-0.2, -0.15) is 5.10 Å². The van der Waals surface area contributed by atoms with Gasteiger partial charge in [0.05, 0.1) is 36.9 Å². The minimum absolute atomic E-state index is 0.119. The number of aliphatic hydroxyl groups is 1. The molecule has 0 spiro atoms. The van der Waals surface area contributed by atoms with Crippen LogP contribution in [0.5, 0.6) is 0 Å². The number of rotatable bonds is 6. The van der Waals surface area contributed by atoms with Gasteiger partial charge in [0.25, 0.3) is 5.56 Å². The molecule has 0 aromatic carbocycles. The fraction of sp³-hybridized carbons (Fsp3) is 0.278. The smallest absolute Gasteiger partial charge is 0.291 e. The van der Waals surface area contributed by atoms with E-state index in [9.17, 15) is 9.90 Å². The number of allylic oxidation sites excluding steroid dienone is 5. The maximum Gasteiger partial charge on any atom is 0.291 e. The number of thiazole rings is 1. The molecule has 136 valence electrons. The van der Waals surface area contributed by atoms with Crippen LogP contribution in [0, 0.1) is 0 Å². The quantitative estimate of drug-likeness (QED) is 0.531. The zero-order chi connectivity index (χ0) is 18.8. The second kappa shape index (κ2) is 7.27. The van der Waals surface area contributed by atoms with Crippen LogP contribution < -0.4 is 5.56 Å². The molecule has 0 saturated carbocycles. The first-order valence-electron chi connectivity index (χ1n) is 7.98. The Morgan fingerprint density at radius 1 is 1.50 bits per heavy atom. The normalized spacial score (nSPS) is 12.9. The van der Waals surface area contributed by atoms with Crippen molar-refractivity contribution in [2.75, 3.05) is 7.11 Å². The number of aromatic nitrogens is 4. The minimum Gasteiger partial charge on any atom is -0.501 e. The molecule has 0 amide bonds. The van der Waals surface area contributed by atoms with E-state index in [1.807, 2.05) is 19.1 Å². The van der Waals surface area contributed by atoms with Crippen LogP contribution in [-0.2, 0) is 24.9 Å². The van der Waals surface area contributed by atoms with Crippen molar-refractivity contribution in [2.45, 2.75) is 20.1 Å². The van der Waals surface area contributed by atoms with Crippen LogP contribution in [0.4, 0.5) is 0 Å². The van der Waals surface area contributed by atoms with Gasteiger partial charge in [-0.15, -0.1) is 11.3 Å². The maximum absolute atomic E-state index is 13.0. The molecule has 7 nitrogen and oxygen atoms in total. The van der Waals surface area contributed by atoms with Gasteiger partial charge in [-0.1, -0.05) is 18.7 Å². The number of hydrogen-bond donors (Lipinski definition) is 1. The van der Waals surface area contributed by atoms with Gasteiger partial charge in [0.2, 0.25) is 0 Å². The lowest BCUT2D eigenvalue weighted by molar-refractivity contribution is 0.281. The monoisotopic (exact) mass is 372 g/mol. The highest BCUT2D eigenvalue weighted by molar-refractivity contribution is 7.19. The standard InChI is InChI=1S/C18H20N4O3S/c1-5-6-12(7-11(2)25-4)9-22-18(24)15-13(8-19-22)16-17(21(15)3)20-14(10-23)26-16/h5-8,23H,1,9-10H2,2-4H3/b11-7+,12-6+. The third-order valence-electron chi connectivity index (χ3n) is 4.08. The minimum atomic E-state index is -0.195. The molecule has 3 rings (SSSR count). The van der Waals surface area contributed by atoms with Gasteiger partial charge in [0.1, 0.15) is 10.5 Å². The summed E-state index contributed by atoms with van der Waals surface area (Å²) in [6.07, 6.45) is 7.01. The molecule has 3 aromatic heterocycles. The molecule has 0 aliphatic carbocycles. The summed E-state index contributed by atoms with van der Waals surface area (Å²) in [6, 6.07) is 0. The maximum atomic E-state index is 13.0. The summed E-state index contributed by atoms with van der Waals surface area (Å²) in [5, 5.41) is 15.0. The Hall–Kier alpha value is -2.71. The number of aryl methyl sites for hydroxylation is 1. The fourth-order valence-corrected chi connectivity index (χ4v) is 3.77. The summed E-state index contributed by atoms with van der Waals surface area (Å²) in [6.45, 7) is 5.74. The van der Waals surface area contributed by atoms with Crippen molar-refractivity contribution in [3.05, 3.63) is 57.7 Å². The van der Waals surface area contributed by atoms with Crippen molar-refractivity contribution in [1.82, 2.24) is 19.3 Å². The number of methoxy groups -OCH3 is 1. The molecule has 0 bridgehead atoms. The van der Waals surface area contributed by atoms with Gasteiger partial charge in [-0.25, -0.2) is 9.67 Å².